The van der Waals surface area contributed by atoms with Crippen LogP contribution in [-0.4, -0.2) is 85.2 Å². The number of rotatable bonds is 7. The molecule has 2 aliphatic heterocycles. The second kappa shape index (κ2) is 17.9. The highest BCUT2D eigenvalue weighted by Crippen LogP contribution is 2.27. The molecular formula is C32H40N8O8. The average molecular weight is 665 g/mol. The summed E-state index contributed by atoms with van der Waals surface area (Å²) in [4.78, 5) is 62.6. The minimum atomic E-state index is -1.29. The summed E-state index contributed by atoms with van der Waals surface area (Å²) in [6, 6.07) is 11.4. The maximum atomic E-state index is 13.5. The van der Waals surface area contributed by atoms with Crippen LogP contribution in [0.3, 0.4) is 0 Å². The van der Waals surface area contributed by atoms with E-state index in [0.717, 1.165) is 37.7 Å². The average Bonchev–Trinajstić information content (AvgIpc) is 3.09. The molecule has 3 amide bonds. The largest absolute Gasteiger partial charge is 0.494 e. The van der Waals surface area contributed by atoms with Crippen molar-refractivity contribution in [2.24, 2.45) is 0 Å². The fourth-order valence-electron chi connectivity index (χ4n) is 4.50. The molecule has 0 aliphatic carbocycles. The van der Waals surface area contributed by atoms with Crippen molar-refractivity contribution in [2.45, 2.75) is 45.2 Å². The molecular weight excluding hydrogens is 624 g/mol. The summed E-state index contributed by atoms with van der Waals surface area (Å²) in [6.07, 6.45) is 3.37. The van der Waals surface area contributed by atoms with Crippen molar-refractivity contribution >= 4 is 41.3 Å². The molecule has 0 radical (unpaired) electrons. The van der Waals surface area contributed by atoms with Gasteiger partial charge in [-0.25, -0.2) is 4.79 Å². The third-order valence-electron chi connectivity index (χ3n) is 7.00. The lowest BCUT2D eigenvalue weighted by molar-refractivity contribution is -0.143. The number of benzene rings is 2. The van der Waals surface area contributed by atoms with E-state index < -0.39 is 29.7 Å². The maximum Gasteiger partial charge on any atom is 0.330 e. The number of ether oxygens (including phenoxy) is 4. The van der Waals surface area contributed by atoms with E-state index in [2.05, 4.69) is 41.5 Å². The van der Waals surface area contributed by atoms with Gasteiger partial charge in [-0.3, -0.25) is 14.4 Å². The van der Waals surface area contributed by atoms with E-state index >= 15 is 0 Å². The Kier molecular flexibility index (Phi) is 13.1. The van der Waals surface area contributed by atoms with E-state index in [-0.39, 0.29) is 35.8 Å². The number of likely N-dealkylation sites (N-methyl/N-ethyl adjacent to an activating group) is 1. The van der Waals surface area contributed by atoms with Crippen LogP contribution in [0, 0.1) is 0 Å². The Hall–Kier alpha value is -5.67. The minimum absolute atomic E-state index is 0.115. The monoisotopic (exact) mass is 664 g/mol. The Morgan fingerprint density at radius 3 is 2.35 bits per heavy atom. The quantitative estimate of drug-likeness (QED) is 0.182. The first kappa shape index (κ1) is 35.2. The van der Waals surface area contributed by atoms with Gasteiger partial charge >= 0.3 is 23.8 Å². The zero-order chi connectivity index (χ0) is 34.3. The summed E-state index contributed by atoms with van der Waals surface area (Å²) in [5.74, 6) is -1.87. The second-order valence-electron chi connectivity index (χ2n) is 10.5. The Morgan fingerprint density at radius 2 is 1.65 bits per heavy atom. The molecule has 16 nitrogen and oxygen atoms in total. The molecule has 48 heavy (non-hydrogen) atoms. The van der Waals surface area contributed by atoms with Crippen molar-refractivity contribution < 1.29 is 38.1 Å². The SMILES string of the molecule is CCOc1nc2nc(n1)Nc1ccc(C(=O)N[C@@H](CNC(=O)C(=O)NC)C(=O)OC)c(c1)OCCCCCCOc1ccc(cc1)CN2. The molecule has 1 aromatic heterocycles. The van der Waals surface area contributed by atoms with Crippen molar-refractivity contribution in [3.05, 3.63) is 53.6 Å². The fourth-order valence-corrected chi connectivity index (χ4v) is 4.50. The molecule has 5 rings (SSSR count). The lowest BCUT2D eigenvalue weighted by atomic mass is 10.1. The van der Waals surface area contributed by atoms with Crippen LogP contribution in [0.4, 0.5) is 17.6 Å². The second-order valence-corrected chi connectivity index (χ2v) is 10.5. The molecule has 0 fully saturated rings. The summed E-state index contributed by atoms with van der Waals surface area (Å²) >= 11 is 0. The highest BCUT2D eigenvalue weighted by atomic mass is 16.5. The Morgan fingerprint density at radius 1 is 0.917 bits per heavy atom. The van der Waals surface area contributed by atoms with Gasteiger partial charge in [0.15, 0.2) is 0 Å². The van der Waals surface area contributed by atoms with Crippen LogP contribution in [0.5, 0.6) is 17.5 Å². The number of nitrogens with one attached hydrogen (secondary N) is 5. The van der Waals surface area contributed by atoms with E-state index in [1.165, 1.54) is 13.1 Å². The smallest absolute Gasteiger partial charge is 0.330 e. The van der Waals surface area contributed by atoms with Crippen LogP contribution in [-0.2, 0) is 25.7 Å². The predicted molar refractivity (Wildman–Crippen MR) is 174 cm³/mol. The first-order valence-electron chi connectivity index (χ1n) is 15.6. The van der Waals surface area contributed by atoms with E-state index in [1.807, 2.05) is 31.2 Å². The summed E-state index contributed by atoms with van der Waals surface area (Å²) in [5.41, 5.74) is 1.62. The molecule has 3 aromatic rings. The number of methoxy groups -OCH3 is 1. The van der Waals surface area contributed by atoms with Gasteiger partial charge in [-0.15, -0.1) is 0 Å². The molecule has 1 atom stereocenters. The number of nitrogens with zero attached hydrogens (tertiary/aromatic N) is 3. The molecule has 6 bridgehead atoms. The van der Waals surface area contributed by atoms with Gasteiger partial charge in [0, 0.05) is 31.9 Å². The van der Waals surface area contributed by atoms with Gasteiger partial charge in [0.1, 0.15) is 17.5 Å². The number of carbonyl (C=O) groups excluding carboxylic acids is 4. The van der Waals surface area contributed by atoms with Crippen LogP contribution >= 0.6 is 0 Å². The van der Waals surface area contributed by atoms with Crippen LogP contribution in [0.15, 0.2) is 42.5 Å². The molecule has 2 aliphatic rings. The highest BCUT2D eigenvalue weighted by Gasteiger charge is 2.26. The molecule has 256 valence electrons. The standard InChI is InChI=1S/C32H40N8O8/c1-4-46-32-39-30-35-18-20-9-12-22(13-10-20)47-15-7-5-6-8-16-48-25-17-21(36-31(38-30)40-32)11-14-23(25)26(41)37-24(29(44)45-3)19-34-28(43)27(42)33-2/h9-14,17,24H,4-8,15-16,18-19H2,1-3H3,(H,33,42)(H,34,43)(H,37,41)(H2,35,36,38,39,40)/t24-/m0/s1. The van der Waals surface area contributed by atoms with E-state index in [1.54, 1.807) is 12.1 Å². The van der Waals surface area contributed by atoms with Gasteiger partial charge in [-0.05, 0) is 62.4 Å². The first-order chi connectivity index (χ1) is 23.3. The van der Waals surface area contributed by atoms with Gasteiger partial charge in [0.2, 0.25) is 11.9 Å². The number of anilines is 3. The third-order valence-corrected chi connectivity index (χ3v) is 7.00. The van der Waals surface area contributed by atoms with E-state index in [0.29, 0.717) is 38.5 Å². The normalized spacial score (nSPS) is 13.8. The van der Waals surface area contributed by atoms with Crippen molar-refractivity contribution in [3.63, 3.8) is 0 Å². The highest BCUT2D eigenvalue weighted by molar-refractivity contribution is 6.35. The first-order valence-corrected chi connectivity index (χ1v) is 15.6. The lowest BCUT2D eigenvalue weighted by Gasteiger charge is -2.19. The van der Waals surface area contributed by atoms with Crippen LogP contribution in [0.25, 0.3) is 0 Å². The van der Waals surface area contributed by atoms with Gasteiger partial charge in [-0.1, -0.05) is 12.1 Å². The summed E-state index contributed by atoms with van der Waals surface area (Å²) in [6.45, 7) is 3.11. The Bertz CT molecular complexity index is 1570. The minimum Gasteiger partial charge on any atom is -0.494 e. The topological polar surface area (TPSA) is 204 Å². The molecule has 0 unspecified atom stereocenters. The number of amides is 3. The Balaban J connectivity index is 1.59. The molecule has 0 saturated carbocycles. The summed E-state index contributed by atoms with van der Waals surface area (Å²) in [5, 5.41) is 13.4. The molecule has 16 heteroatoms. The van der Waals surface area contributed by atoms with Crippen molar-refractivity contribution in [1.82, 2.24) is 30.9 Å². The summed E-state index contributed by atoms with van der Waals surface area (Å²) < 4.78 is 22.3. The van der Waals surface area contributed by atoms with Gasteiger partial charge in [0.25, 0.3) is 5.91 Å². The molecule has 0 spiro atoms. The van der Waals surface area contributed by atoms with Crippen LogP contribution < -0.4 is 40.8 Å². The van der Waals surface area contributed by atoms with Gasteiger partial charge in [0.05, 0.1) is 32.5 Å². The maximum absolute atomic E-state index is 13.5. The van der Waals surface area contributed by atoms with Crippen molar-refractivity contribution in [2.75, 3.05) is 51.2 Å². The predicted octanol–water partition coefficient (Wildman–Crippen LogP) is 2.09. The van der Waals surface area contributed by atoms with Crippen LogP contribution in [0.1, 0.15) is 48.5 Å². The number of hydrogen-bond acceptors (Lipinski definition) is 13. The van der Waals surface area contributed by atoms with Crippen molar-refractivity contribution in [3.8, 4) is 17.5 Å². The number of fused-ring (bicyclic) bond motifs is 10. The number of aromatic nitrogens is 3. The molecule has 2 aromatic carbocycles. The fraction of sp³-hybridized carbons (Fsp3) is 0.406. The van der Waals surface area contributed by atoms with Gasteiger partial charge < -0.3 is 45.5 Å². The zero-order valence-electron chi connectivity index (χ0n) is 27.1. The number of carbonyl (C=O) groups is 4. The van der Waals surface area contributed by atoms with Gasteiger partial charge in [-0.2, -0.15) is 15.0 Å². The van der Waals surface area contributed by atoms with Crippen molar-refractivity contribution in [1.29, 1.82) is 0 Å². The van der Waals surface area contributed by atoms with Crippen LogP contribution in [0.2, 0.25) is 0 Å². The Labute approximate surface area is 277 Å². The lowest BCUT2D eigenvalue weighted by Crippen LogP contribution is -2.51. The number of hydrogen-bond donors (Lipinski definition) is 5. The summed E-state index contributed by atoms with van der Waals surface area (Å²) in [7, 11) is 2.44. The zero-order valence-corrected chi connectivity index (χ0v) is 27.1. The van der Waals surface area contributed by atoms with E-state index in [4.69, 9.17) is 18.9 Å². The van der Waals surface area contributed by atoms with E-state index in [9.17, 15) is 19.2 Å². The molecule has 3 heterocycles. The molecule has 5 N–H and O–H groups in total. The number of esters is 1. The molecule has 0 saturated heterocycles. The third kappa shape index (κ3) is 10.4.